The Morgan fingerprint density at radius 1 is 1.09 bits per heavy atom. The topological polar surface area (TPSA) is 103 Å². The van der Waals surface area contributed by atoms with E-state index in [1.807, 2.05) is 36.1 Å². The number of hydrogen-bond acceptors (Lipinski definition) is 6. The molecule has 9 nitrogen and oxygen atoms in total. The molecule has 0 radical (unpaired) electrons. The summed E-state index contributed by atoms with van der Waals surface area (Å²) in [4.78, 5) is 35.3. The number of nitriles is 1. The smallest absolute Gasteiger partial charge is 0.253 e. The lowest BCUT2D eigenvalue weighted by Crippen LogP contribution is -2.41. The summed E-state index contributed by atoms with van der Waals surface area (Å²) in [6.45, 7) is 3.59. The summed E-state index contributed by atoms with van der Waals surface area (Å²) in [5, 5.41) is 15.5. The van der Waals surface area contributed by atoms with E-state index in [-0.39, 0.29) is 58.9 Å². The molecule has 2 bridgehead atoms. The molecule has 5 fully saturated rings. The number of aromatic nitrogens is 2. The van der Waals surface area contributed by atoms with Gasteiger partial charge in [-0.3, -0.25) is 9.59 Å². The van der Waals surface area contributed by atoms with Gasteiger partial charge in [-0.1, -0.05) is 47.5 Å². The normalized spacial score (nSPS) is 22.8. The third-order valence-corrected chi connectivity index (χ3v) is 13.1. The molecule has 3 saturated heterocycles. The summed E-state index contributed by atoms with van der Waals surface area (Å²) in [6.07, 6.45) is 3.72. The molecule has 288 valence electrons. The third kappa shape index (κ3) is 6.24. The first-order chi connectivity index (χ1) is 27.0. The van der Waals surface area contributed by atoms with Crippen molar-refractivity contribution in [1.29, 1.82) is 5.26 Å². The highest BCUT2D eigenvalue weighted by atomic mass is 35.5. The van der Waals surface area contributed by atoms with Crippen LogP contribution in [0.15, 0.2) is 54.6 Å². The predicted molar refractivity (Wildman–Crippen MR) is 215 cm³/mol. The molecule has 10 rings (SSSR count). The number of nitrogens with zero attached hydrogens (tertiary/aromatic N) is 5. The van der Waals surface area contributed by atoms with Crippen LogP contribution in [-0.4, -0.2) is 70.5 Å². The maximum atomic E-state index is 17.3. The summed E-state index contributed by atoms with van der Waals surface area (Å²) in [5.74, 6) is -0.00524. The van der Waals surface area contributed by atoms with E-state index >= 15 is 4.39 Å². The average Bonchev–Trinajstić information content (AvgIpc) is 3.48. The maximum Gasteiger partial charge on any atom is 0.253 e. The van der Waals surface area contributed by atoms with E-state index in [9.17, 15) is 14.9 Å². The lowest BCUT2D eigenvalue weighted by molar-refractivity contribution is -0.134. The summed E-state index contributed by atoms with van der Waals surface area (Å²) >= 11 is 13.1. The Bertz CT molecular complexity index is 2460. The molecule has 2 amide bonds. The Balaban J connectivity index is 1.18. The van der Waals surface area contributed by atoms with E-state index in [0.29, 0.717) is 70.3 Å². The quantitative estimate of drug-likeness (QED) is 0.152. The number of halogens is 3. The largest absolute Gasteiger partial charge is 0.372 e. The number of carbonyl (C=O) groups is 2. The average molecular weight is 794 g/mol. The first kappa shape index (κ1) is 37.1. The molecule has 5 atom stereocenters. The van der Waals surface area contributed by atoms with Crippen LogP contribution in [0.5, 0.6) is 0 Å². The molecule has 5 heterocycles. The van der Waals surface area contributed by atoms with Crippen molar-refractivity contribution in [3.63, 3.8) is 0 Å². The fourth-order valence-electron chi connectivity index (χ4n) is 9.37. The first-order valence-electron chi connectivity index (χ1n) is 19.5. The second-order valence-electron chi connectivity index (χ2n) is 16.1. The van der Waals surface area contributed by atoms with Crippen molar-refractivity contribution in [3.8, 4) is 17.2 Å². The van der Waals surface area contributed by atoms with Gasteiger partial charge in [0.05, 0.1) is 46.4 Å². The van der Waals surface area contributed by atoms with Crippen LogP contribution >= 0.6 is 23.2 Å². The number of likely N-dealkylation sites (tertiary alicyclic amines) is 1. The Morgan fingerprint density at radius 3 is 2.61 bits per heavy atom. The van der Waals surface area contributed by atoms with Crippen LogP contribution in [0.25, 0.3) is 32.9 Å². The highest BCUT2D eigenvalue weighted by Crippen LogP contribution is 2.51. The van der Waals surface area contributed by atoms with Crippen molar-refractivity contribution in [2.24, 2.45) is 11.8 Å². The zero-order valence-electron chi connectivity index (χ0n) is 31.6. The van der Waals surface area contributed by atoms with Crippen molar-refractivity contribution in [1.82, 2.24) is 24.7 Å². The van der Waals surface area contributed by atoms with Crippen LogP contribution in [0.4, 0.5) is 4.39 Å². The Morgan fingerprint density at radius 2 is 1.89 bits per heavy atom. The highest BCUT2D eigenvalue weighted by Gasteiger charge is 2.51. The van der Waals surface area contributed by atoms with E-state index in [4.69, 9.17) is 32.9 Å². The lowest BCUT2D eigenvalue weighted by atomic mass is 9.79. The summed E-state index contributed by atoms with van der Waals surface area (Å²) in [5.41, 5.74) is 5.77. The molecule has 2 saturated carbocycles. The van der Waals surface area contributed by atoms with Gasteiger partial charge in [0.1, 0.15) is 5.52 Å². The number of pyridine rings is 1. The molecular formula is C44H43Cl2FN6O3. The van der Waals surface area contributed by atoms with Crippen molar-refractivity contribution in [2.75, 3.05) is 27.2 Å². The van der Waals surface area contributed by atoms with Crippen LogP contribution in [0, 0.1) is 35.9 Å². The van der Waals surface area contributed by atoms with Crippen LogP contribution in [-0.2, 0) is 22.6 Å². The number of rotatable bonds is 10. The SMILES string of the molecule is Cc1nc2c(F)c(-c3cccc(Cl)c3Cl)c(CCC#N)cc2c2c1cc([C@H]1C[C@H](OCc3cccc(C(=O)N(C)C)c3)CN1C(=O)C1CC1)n2[C@H]1[C@H]2CN[C@@H]1C2. The summed E-state index contributed by atoms with van der Waals surface area (Å²) in [6, 6.07) is 19.2. The maximum absolute atomic E-state index is 17.3. The summed E-state index contributed by atoms with van der Waals surface area (Å²) in [7, 11) is 3.47. The van der Waals surface area contributed by atoms with Gasteiger partial charge < -0.3 is 24.4 Å². The van der Waals surface area contributed by atoms with Gasteiger partial charge in [0.15, 0.2) is 5.82 Å². The van der Waals surface area contributed by atoms with Gasteiger partial charge in [-0.05, 0) is 80.0 Å². The van der Waals surface area contributed by atoms with Crippen LogP contribution < -0.4 is 5.32 Å². The zero-order chi connectivity index (χ0) is 39.0. The molecular weight excluding hydrogens is 750 g/mol. The van der Waals surface area contributed by atoms with E-state index in [1.54, 1.807) is 43.3 Å². The van der Waals surface area contributed by atoms with Gasteiger partial charge in [-0.2, -0.15) is 5.26 Å². The number of hydrogen-bond donors (Lipinski definition) is 1. The first-order valence-corrected chi connectivity index (χ1v) is 20.2. The minimum Gasteiger partial charge on any atom is -0.372 e. The Hall–Kier alpha value is -4.53. The van der Waals surface area contributed by atoms with Crippen LogP contribution in [0.1, 0.15) is 77.1 Å². The van der Waals surface area contributed by atoms with Gasteiger partial charge in [-0.25, -0.2) is 9.37 Å². The molecule has 5 aliphatic rings. The number of nitrogens with one attached hydrogen (secondary N) is 1. The minimum atomic E-state index is -0.496. The van der Waals surface area contributed by atoms with Crippen molar-refractivity contribution >= 4 is 56.8 Å². The number of fused-ring (bicyclic) bond motifs is 4. The number of aryl methyl sites for hydroxylation is 2. The Kier molecular flexibility index (Phi) is 9.56. The molecule has 0 spiro atoms. The van der Waals surface area contributed by atoms with Gasteiger partial charge in [0, 0.05) is 90.8 Å². The van der Waals surface area contributed by atoms with Crippen LogP contribution in [0.3, 0.4) is 0 Å². The molecule has 56 heavy (non-hydrogen) atoms. The third-order valence-electron chi connectivity index (χ3n) is 12.3. The molecule has 3 aliphatic heterocycles. The van der Waals surface area contributed by atoms with Gasteiger partial charge >= 0.3 is 0 Å². The number of ether oxygens (including phenoxy) is 1. The molecule has 2 aromatic heterocycles. The number of amides is 2. The second-order valence-corrected chi connectivity index (χ2v) is 16.9. The van der Waals surface area contributed by atoms with E-state index in [0.717, 1.165) is 48.0 Å². The molecule has 12 heteroatoms. The monoisotopic (exact) mass is 792 g/mol. The zero-order valence-corrected chi connectivity index (χ0v) is 33.1. The predicted octanol–water partition coefficient (Wildman–Crippen LogP) is 8.57. The molecule has 3 aromatic carbocycles. The van der Waals surface area contributed by atoms with Crippen LogP contribution in [0.2, 0.25) is 10.0 Å². The molecule has 1 N–H and O–H groups in total. The summed E-state index contributed by atoms with van der Waals surface area (Å²) < 4.78 is 26.2. The van der Waals surface area contributed by atoms with Gasteiger partial charge in [-0.15, -0.1) is 0 Å². The van der Waals surface area contributed by atoms with Crippen molar-refractivity contribution in [2.45, 2.75) is 76.3 Å². The highest BCUT2D eigenvalue weighted by molar-refractivity contribution is 6.43. The van der Waals surface area contributed by atoms with Crippen molar-refractivity contribution < 1.29 is 18.7 Å². The second kappa shape index (κ2) is 14.4. The standard InChI is InChI=1S/C44H43Cl2FN6O3/c1-23-31-19-36(35-18-29(21-52(35)44(55)25-12-13-25)56-22-24-7-4-8-27(15-24)43(54)51(2)3)53(41-28-17-34(41)49-20-28)42(31)32-16-26(9-6-14-48)37(39(47)40(32)50-23)30-10-5-11-33(45)38(30)46/h4-5,7-8,10-11,15-16,19,25,28-29,34-35,41,49H,6,9,12-13,17-18,20-22H2,1-3H3/t28-,29+,34-,35-,41+/m1/s1. The van der Waals surface area contributed by atoms with Gasteiger partial charge in [0.2, 0.25) is 5.91 Å². The molecule has 2 aliphatic carbocycles. The fraction of sp³-hybridized carbons (Fsp3) is 0.409. The van der Waals surface area contributed by atoms with Gasteiger partial charge in [0.25, 0.3) is 5.91 Å². The number of benzene rings is 3. The van der Waals surface area contributed by atoms with Crippen molar-refractivity contribution in [3.05, 3.63) is 98.5 Å². The van der Waals surface area contributed by atoms with E-state index < -0.39 is 5.82 Å². The van der Waals surface area contributed by atoms with E-state index in [1.165, 1.54) is 0 Å². The molecule has 0 unspecified atom stereocenters. The van der Waals surface area contributed by atoms with E-state index in [2.05, 4.69) is 22.0 Å². The fourth-order valence-corrected chi connectivity index (χ4v) is 9.77. The Labute approximate surface area is 335 Å². The minimum absolute atomic E-state index is 0.0158. The molecule has 5 aromatic rings. The lowest BCUT2D eigenvalue weighted by Gasteiger charge is -2.39. The number of carbonyl (C=O) groups excluding carboxylic acids is 2.